The van der Waals surface area contributed by atoms with Crippen LogP contribution in [0, 0.1) is 0 Å². The van der Waals surface area contributed by atoms with Crippen LogP contribution >= 0.6 is 0 Å². The first-order chi connectivity index (χ1) is 20.5. The van der Waals surface area contributed by atoms with Crippen molar-refractivity contribution in [3.8, 4) is 0 Å². The van der Waals surface area contributed by atoms with Gasteiger partial charge in [0.1, 0.15) is 18.5 Å². The summed E-state index contributed by atoms with van der Waals surface area (Å²) in [5.41, 5.74) is 1.74. The lowest BCUT2D eigenvalue weighted by Crippen LogP contribution is -2.38. The summed E-state index contributed by atoms with van der Waals surface area (Å²) in [6.45, 7) is -7.19. The number of carbonyl (C=O) groups excluding carboxylic acids is 1. The number of anilines is 1. The zero-order chi connectivity index (χ0) is 33.5. The summed E-state index contributed by atoms with van der Waals surface area (Å²) < 4.78 is 99.4. The standard InChI is InChI=1S/C29H28N2O2/c1-29(2)25-17-19(30-13-5-14-30)9-11-23(25)27(21-7-3-4-8-22(21)28(32)33)24-12-10-20(18-26(24)29)31-15-6-16-31/h3-4,7-12,17-18H,5-6,13-16H2,1-2H3/i5D2,6D2,13D2,14D2,15D2,16D2. The third-order valence-electron chi connectivity index (χ3n) is 6.50. The highest BCUT2D eigenvalue weighted by atomic mass is 16.4. The second-order valence-electron chi connectivity index (χ2n) is 8.66. The Kier molecular flexibility index (Phi) is 2.47. The average Bonchev–Trinajstić information content (AvgIpc) is 2.93. The van der Waals surface area contributed by atoms with E-state index in [4.69, 9.17) is 16.4 Å². The minimum atomic E-state index is -2.82. The zero-order valence-electron chi connectivity index (χ0n) is 30.0. The molecule has 2 aliphatic heterocycles. The Morgan fingerprint density at radius 3 is 2.64 bits per heavy atom. The number of benzene rings is 2. The Morgan fingerprint density at radius 2 is 1.85 bits per heavy atom. The Hall–Kier alpha value is -3.40. The van der Waals surface area contributed by atoms with Crippen molar-refractivity contribution in [2.75, 3.05) is 30.9 Å². The summed E-state index contributed by atoms with van der Waals surface area (Å²) >= 11 is 0. The van der Waals surface area contributed by atoms with Gasteiger partial charge in [-0.3, -0.25) is 0 Å². The van der Waals surface area contributed by atoms with Gasteiger partial charge in [-0.25, -0.2) is 4.58 Å². The Balaban J connectivity index is 1.65. The van der Waals surface area contributed by atoms with Crippen LogP contribution in [0.5, 0.6) is 0 Å². The number of carbonyl (C=O) groups is 1. The number of carboxylic acids is 1. The summed E-state index contributed by atoms with van der Waals surface area (Å²) in [4.78, 5) is 13.0. The molecule has 0 radical (unpaired) electrons. The molecule has 33 heavy (non-hydrogen) atoms. The van der Waals surface area contributed by atoms with Gasteiger partial charge >= 0.3 is 0 Å². The average molecular weight is 449 g/mol. The minimum Gasteiger partial charge on any atom is -0.545 e. The lowest BCUT2D eigenvalue weighted by atomic mass is 9.64. The second kappa shape index (κ2) is 7.31. The number of carboxylic acid groups (broad SMARTS) is 1. The molecule has 0 spiro atoms. The highest BCUT2D eigenvalue weighted by Gasteiger charge is 2.40. The molecule has 4 aliphatic rings. The normalized spacial score (nSPS) is 35.1. The summed E-state index contributed by atoms with van der Waals surface area (Å²) in [7, 11) is 0. The maximum Gasteiger partial charge on any atom is 0.200 e. The number of fused-ring (bicyclic) bond motifs is 2. The maximum absolute atomic E-state index is 12.2. The number of hydrogen-bond acceptors (Lipinski definition) is 3. The molecule has 0 amide bonds. The van der Waals surface area contributed by atoms with Crippen LogP contribution in [0.15, 0.2) is 71.8 Å². The highest BCUT2D eigenvalue weighted by molar-refractivity contribution is 6.08. The SMILES string of the molecule is [2H]C1([2H])N(c2ccc3c(c2)C(C)(C)C2=CC(=[N+]4C([2H])([2H])C([2H])([2H])C4([2H])[2H])C=CC2=C3c2ccccc2C(=O)[O-])C([2H])([2H])C1([2H])[2H]. The van der Waals surface area contributed by atoms with E-state index in [-0.39, 0.29) is 22.5 Å². The lowest BCUT2D eigenvalue weighted by molar-refractivity contribution is -0.582. The van der Waals surface area contributed by atoms with Gasteiger partial charge in [0.2, 0.25) is 0 Å². The monoisotopic (exact) mass is 448 g/mol. The molecule has 2 fully saturated rings. The Labute approximate surface area is 211 Å². The van der Waals surface area contributed by atoms with Crippen LogP contribution < -0.4 is 10.0 Å². The predicted octanol–water partition coefficient (Wildman–Crippen LogP) is 3.71. The topological polar surface area (TPSA) is 46.4 Å². The molecular weight excluding hydrogens is 408 g/mol. The van der Waals surface area contributed by atoms with Gasteiger partial charge in [0.05, 0.1) is 12.3 Å². The fourth-order valence-electron chi connectivity index (χ4n) is 4.75. The van der Waals surface area contributed by atoms with Crippen LogP contribution in [0.2, 0.25) is 0 Å². The maximum atomic E-state index is 12.2. The number of rotatable bonds is 3. The van der Waals surface area contributed by atoms with E-state index in [2.05, 4.69) is 0 Å². The molecule has 0 unspecified atom stereocenters. The first-order valence-corrected chi connectivity index (χ1v) is 10.6. The summed E-state index contributed by atoms with van der Waals surface area (Å²) in [6, 6.07) is 10.7. The number of allylic oxidation sites excluding steroid dienone is 5. The fraction of sp³-hybridized carbons (Fsp3) is 0.310. The van der Waals surface area contributed by atoms with Crippen molar-refractivity contribution >= 4 is 22.9 Å². The number of hydrogen-bond donors (Lipinski definition) is 0. The van der Waals surface area contributed by atoms with Gasteiger partial charge in [0, 0.05) is 52.8 Å². The third-order valence-corrected chi connectivity index (χ3v) is 6.50. The predicted molar refractivity (Wildman–Crippen MR) is 130 cm³/mol. The first-order valence-electron chi connectivity index (χ1n) is 16.6. The van der Waals surface area contributed by atoms with Gasteiger partial charge in [0.15, 0.2) is 5.71 Å². The van der Waals surface area contributed by atoms with Gasteiger partial charge in [0.25, 0.3) is 0 Å². The van der Waals surface area contributed by atoms with Crippen molar-refractivity contribution in [2.45, 2.75) is 32.0 Å². The molecule has 0 aromatic heterocycles. The lowest BCUT2D eigenvalue weighted by Gasteiger charge is -2.41. The molecule has 2 aliphatic carbocycles. The first kappa shape index (κ1) is 11.1. The van der Waals surface area contributed by atoms with Crippen molar-refractivity contribution in [1.29, 1.82) is 0 Å². The van der Waals surface area contributed by atoms with E-state index in [9.17, 15) is 9.90 Å². The number of aromatic carboxylic acids is 1. The van der Waals surface area contributed by atoms with Crippen molar-refractivity contribution in [1.82, 2.24) is 0 Å². The molecule has 0 bridgehead atoms. The van der Waals surface area contributed by atoms with Crippen LogP contribution in [0.4, 0.5) is 5.69 Å². The molecule has 4 nitrogen and oxygen atoms in total. The van der Waals surface area contributed by atoms with E-state index >= 15 is 0 Å². The Bertz CT molecular complexity index is 1800. The number of nitrogens with zero attached hydrogens (tertiary/aromatic N) is 2. The van der Waals surface area contributed by atoms with E-state index in [1.807, 2.05) is 0 Å². The van der Waals surface area contributed by atoms with E-state index in [0.29, 0.717) is 27.8 Å². The van der Waals surface area contributed by atoms with Crippen LogP contribution in [0.1, 0.15) is 70.1 Å². The summed E-state index contributed by atoms with van der Waals surface area (Å²) in [5.74, 6) is -1.44. The molecule has 4 heteroatoms. The molecule has 166 valence electrons. The Morgan fingerprint density at radius 1 is 1.06 bits per heavy atom. The van der Waals surface area contributed by atoms with Gasteiger partial charge in [-0.2, -0.15) is 0 Å². The van der Waals surface area contributed by atoms with Crippen molar-refractivity contribution in [2.24, 2.45) is 0 Å². The van der Waals surface area contributed by atoms with Crippen LogP contribution in [0.3, 0.4) is 0 Å². The molecule has 2 aromatic carbocycles. The molecule has 2 heterocycles. The van der Waals surface area contributed by atoms with E-state index in [0.717, 1.165) is 9.48 Å². The third kappa shape index (κ3) is 3.04. The largest absolute Gasteiger partial charge is 0.545 e. The van der Waals surface area contributed by atoms with E-state index < -0.39 is 50.1 Å². The molecule has 0 atom stereocenters. The van der Waals surface area contributed by atoms with Crippen LogP contribution in [-0.2, 0) is 5.41 Å². The quantitative estimate of drug-likeness (QED) is 0.673. The van der Waals surface area contributed by atoms with Crippen molar-refractivity contribution in [3.05, 3.63) is 94.1 Å². The fourth-order valence-corrected chi connectivity index (χ4v) is 4.75. The molecule has 2 saturated heterocycles. The van der Waals surface area contributed by atoms with Crippen LogP contribution in [0.25, 0.3) is 5.57 Å². The minimum absolute atomic E-state index is 0.0442. The van der Waals surface area contributed by atoms with Gasteiger partial charge in [-0.05, 0) is 58.0 Å². The van der Waals surface area contributed by atoms with Gasteiger partial charge in [-0.15, -0.1) is 0 Å². The highest BCUT2D eigenvalue weighted by Crippen LogP contribution is 2.51. The second-order valence-corrected chi connectivity index (χ2v) is 8.66. The van der Waals surface area contributed by atoms with Crippen molar-refractivity contribution in [3.63, 3.8) is 0 Å². The smallest absolute Gasteiger partial charge is 0.200 e. The summed E-state index contributed by atoms with van der Waals surface area (Å²) in [6.07, 6.45) is -1.06. The van der Waals surface area contributed by atoms with Crippen molar-refractivity contribution < 1.29 is 30.9 Å². The van der Waals surface area contributed by atoms with Gasteiger partial charge < -0.3 is 14.8 Å². The molecular formula is C29H28N2O2. The molecule has 2 aromatic rings. The molecule has 0 saturated carbocycles. The summed E-state index contributed by atoms with van der Waals surface area (Å²) in [5, 5.41) is 12.2. The van der Waals surface area contributed by atoms with E-state index in [1.165, 1.54) is 30.4 Å². The zero-order valence-corrected chi connectivity index (χ0v) is 18.0. The van der Waals surface area contributed by atoms with E-state index in [1.54, 1.807) is 44.2 Å². The molecule has 6 rings (SSSR count). The molecule has 0 N–H and O–H groups in total. The van der Waals surface area contributed by atoms with Crippen LogP contribution in [-0.4, -0.2) is 42.2 Å². The van der Waals surface area contributed by atoms with Gasteiger partial charge in [-0.1, -0.05) is 44.2 Å².